The molecule has 0 saturated heterocycles. The normalized spacial score (nSPS) is 10.2. The maximum absolute atomic E-state index is 5.85. The lowest BCUT2D eigenvalue weighted by Crippen LogP contribution is -2.07. The number of anilines is 2. The summed E-state index contributed by atoms with van der Waals surface area (Å²) in [6.07, 6.45) is 4.35. The molecule has 0 radical (unpaired) electrons. The van der Waals surface area contributed by atoms with Gasteiger partial charge in [-0.25, -0.2) is 0 Å². The van der Waals surface area contributed by atoms with Crippen molar-refractivity contribution >= 4 is 27.3 Å². The van der Waals surface area contributed by atoms with Crippen LogP contribution < -0.4 is 11.1 Å². The first-order valence-corrected chi connectivity index (χ1v) is 6.23. The number of nitrogens with zero attached hydrogens (tertiary/aromatic N) is 1. The highest BCUT2D eigenvalue weighted by Crippen LogP contribution is 2.26. The predicted octanol–water partition coefficient (Wildman–Crippen LogP) is 3.08. The quantitative estimate of drug-likeness (QED) is 0.910. The maximum atomic E-state index is 5.85. The predicted molar refractivity (Wildman–Crippen MR) is 75.0 cm³/mol. The van der Waals surface area contributed by atoms with Crippen molar-refractivity contribution in [3.05, 3.63) is 52.8 Å². The van der Waals surface area contributed by atoms with Crippen molar-refractivity contribution in [2.24, 2.45) is 0 Å². The Labute approximate surface area is 109 Å². The largest absolute Gasteiger partial charge is 0.396 e. The molecule has 2 rings (SSSR count). The van der Waals surface area contributed by atoms with E-state index in [4.69, 9.17) is 5.73 Å². The molecule has 88 valence electrons. The van der Waals surface area contributed by atoms with Crippen molar-refractivity contribution in [2.75, 3.05) is 17.6 Å². The first-order valence-electron chi connectivity index (χ1n) is 5.44. The molecular formula is C13H14BrN3. The average molecular weight is 292 g/mol. The molecule has 0 aliphatic carbocycles. The molecule has 0 amide bonds. The van der Waals surface area contributed by atoms with E-state index in [1.807, 2.05) is 18.2 Å². The lowest BCUT2D eigenvalue weighted by atomic mass is 10.1. The SMILES string of the molecule is Nc1cncc(Br)c1NCCc1ccccc1. The fraction of sp³-hybridized carbons (Fsp3) is 0.154. The van der Waals surface area contributed by atoms with Crippen LogP contribution in [0.1, 0.15) is 5.56 Å². The smallest absolute Gasteiger partial charge is 0.0750 e. The Hall–Kier alpha value is -1.55. The third-order valence-corrected chi connectivity index (χ3v) is 3.09. The van der Waals surface area contributed by atoms with Gasteiger partial charge in [0.1, 0.15) is 0 Å². The van der Waals surface area contributed by atoms with Gasteiger partial charge in [0.15, 0.2) is 0 Å². The first kappa shape index (κ1) is 11.9. The van der Waals surface area contributed by atoms with Crippen LogP contribution in [0.5, 0.6) is 0 Å². The molecule has 3 N–H and O–H groups in total. The topological polar surface area (TPSA) is 50.9 Å². The fourth-order valence-corrected chi connectivity index (χ4v) is 2.10. The van der Waals surface area contributed by atoms with Crippen LogP contribution in [-0.2, 0) is 6.42 Å². The van der Waals surface area contributed by atoms with Crippen molar-refractivity contribution in [3.63, 3.8) is 0 Å². The molecule has 1 aromatic carbocycles. The van der Waals surface area contributed by atoms with Gasteiger partial charge in [0.2, 0.25) is 0 Å². The zero-order chi connectivity index (χ0) is 12.1. The van der Waals surface area contributed by atoms with Crippen LogP contribution in [0, 0.1) is 0 Å². The van der Waals surface area contributed by atoms with E-state index in [-0.39, 0.29) is 0 Å². The van der Waals surface area contributed by atoms with Gasteiger partial charge in [0, 0.05) is 12.7 Å². The second-order valence-corrected chi connectivity index (χ2v) is 4.60. The van der Waals surface area contributed by atoms with Gasteiger partial charge in [0.05, 0.1) is 22.0 Å². The number of rotatable bonds is 4. The summed E-state index contributed by atoms with van der Waals surface area (Å²) >= 11 is 3.43. The number of nitrogens with two attached hydrogens (primary N) is 1. The molecule has 0 saturated carbocycles. The summed E-state index contributed by atoms with van der Waals surface area (Å²) in [5.41, 5.74) is 8.73. The van der Waals surface area contributed by atoms with Crippen LogP contribution in [0.2, 0.25) is 0 Å². The summed E-state index contributed by atoms with van der Waals surface area (Å²) < 4.78 is 0.894. The third kappa shape index (κ3) is 3.20. The number of nitrogens with one attached hydrogen (secondary N) is 1. The minimum absolute atomic E-state index is 0.660. The zero-order valence-corrected chi connectivity index (χ0v) is 10.9. The molecule has 0 spiro atoms. The number of hydrogen-bond acceptors (Lipinski definition) is 3. The van der Waals surface area contributed by atoms with E-state index in [0.717, 1.165) is 23.1 Å². The van der Waals surface area contributed by atoms with E-state index < -0.39 is 0 Å². The molecule has 2 aromatic rings. The Bertz CT molecular complexity index is 465. The minimum Gasteiger partial charge on any atom is -0.396 e. The van der Waals surface area contributed by atoms with Crippen molar-refractivity contribution in [1.82, 2.24) is 4.98 Å². The van der Waals surface area contributed by atoms with Crippen LogP contribution in [0.4, 0.5) is 11.4 Å². The summed E-state index contributed by atoms with van der Waals surface area (Å²) in [7, 11) is 0. The molecular weight excluding hydrogens is 278 g/mol. The molecule has 17 heavy (non-hydrogen) atoms. The highest BCUT2D eigenvalue weighted by molar-refractivity contribution is 9.10. The highest BCUT2D eigenvalue weighted by Gasteiger charge is 2.03. The summed E-state index contributed by atoms with van der Waals surface area (Å²) in [5, 5.41) is 3.32. The Morgan fingerprint density at radius 3 is 2.65 bits per heavy atom. The van der Waals surface area contributed by atoms with Gasteiger partial charge in [-0.15, -0.1) is 0 Å². The van der Waals surface area contributed by atoms with Crippen molar-refractivity contribution < 1.29 is 0 Å². The molecule has 3 nitrogen and oxygen atoms in total. The van der Waals surface area contributed by atoms with Gasteiger partial charge < -0.3 is 11.1 Å². The molecule has 0 unspecified atom stereocenters. The molecule has 0 aliphatic rings. The van der Waals surface area contributed by atoms with Gasteiger partial charge >= 0.3 is 0 Å². The summed E-state index contributed by atoms with van der Waals surface area (Å²) in [6, 6.07) is 10.4. The maximum Gasteiger partial charge on any atom is 0.0750 e. The van der Waals surface area contributed by atoms with Crippen molar-refractivity contribution in [2.45, 2.75) is 6.42 Å². The number of nitrogen functional groups attached to an aromatic ring is 1. The standard InChI is InChI=1S/C13H14BrN3/c14-11-8-16-9-12(15)13(11)17-7-6-10-4-2-1-3-5-10/h1-5,8-9H,6-7,15H2,(H,16,17). The van der Waals surface area contributed by atoms with E-state index in [1.54, 1.807) is 12.4 Å². The summed E-state index contributed by atoms with van der Waals surface area (Å²) in [6.45, 7) is 0.844. The number of pyridine rings is 1. The van der Waals surface area contributed by atoms with E-state index in [0.29, 0.717) is 5.69 Å². The Balaban J connectivity index is 1.95. The molecule has 1 aromatic heterocycles. The molecule has 0 fully saturated rings. The van der Waals surface area contributed by atoms with Crippen LogP contribution in [-0.4, -0.2) is 11.5 Å². The van der Waals surface area contributed by atoms with Gasteiger partial charge in [-0.05, 0) is 27.9 Å². The fourth-order valence-electron chi connectivity index (χ4n) is 1.61. The van der Waals surface area contributed by atoms with Crippen LogP contribution in [0.25, 0.3) is 0 Å². The lowest BCUT2D eigenvalue weighted by molar-refractivity contribution is 1.02. The van der Waals surface area contributed by atoms with Crippen LogP contribution in [0.3, 0.4) is 0 Å². The molecule has 0 bridgehead atoms. The van der Waals surface area contributed by atoms with E-state index >= 15 is 0 Å². The Kier molecular flexibility index (Phi) is 3.98. The van der Waals surface area contributed by atoms with E-state index in [9.17, 15) is 0 Å². The Morgan fingerprint density at radius 2 is 1.94 bits per heavy atom. The molecule has 1 heterocycles. The molecule has 4 heteroatoms. The highest BCUT2D eigenvalue weighted by atomic mass is 79.9. The summed E-state index contributed by atoms with van der Waals surface area (Å²) in [4.78, 5) is 4.00. The zero-order valence-electron chi connectivity index (χ0n) is 9.36. The number of benzene rings is 1. The van der Waals surface area contributed by atoms with Crippen molar-refractivity contribution in [3.8, 4) is 0 Å². The Morgan fingerprint density at radius 1 is 1.18 bits per heavy atom. The van der Waals surface area contributed by atoms with Gasteiger partial charge in [-0.2, -0.15) is 0 Å². The van der Waals surface area contributed by atoms with Crippen LogP contribution in [0.15, 0.2) is 47.2 Å². The minimum atomic E-state index is 0.660. The van der Waals surface area contributed by atoms with Crippen LogP contribution >= 0.6 is 15.9 Å². The van der Waals surface area contributed by atoms with E-state index in [1.165, 1.54) is 5.56 Å². The van der Waals surface area contributed by atoms with Crippen molar-refractivity contribution in [1.29, 1.82) is 0 Å². The third-order valence-electron chi connectivity index (χ3n) is 2.49. The first-order chi connectivity index (χ1) is 8.27. The number of halogens is 1. The van der Waals surface area contributed by atoms with Gasteiger partial charge in [-0.3, -0.25) is 4.98 Å². The van der Waals surface area contributed by atoms with Gasteiger partial charge in [-0.1, -0.05) is 30.3 Å². The monoisotopic (exact) mass is 291 g/mol. The average Bonchev–Trinajstić information content (AvgIpc) is 2.34. The van der Waals surface area contributed by atoms with E-state index in [2.05, 4.69) is 38.4 Å². The number of aromatic nitrogens is 1. The summed E-state index contributed by atoms with van der Waals surface area (Å²) in [5.74, 6) is 0. The molecule has 0 atom stereocenters. The second-order valence-electron chi connectivity index (χ2n) is 3.75. The lowest BCUT2D eigenvalue weighted by Gasteiger charge is -2.10. The number of hydrogen-bond donors (Lipinski definition) is 2. The van der Waals surface area contributed by atoms with Gasteiger partial charge in [0.25, 0.3) is 0 Å². The second kappa shape index (κ2) is 5.68. The molecule has 0 aliphatic heterocycles.